The molecule has 116 valence electrons. The van der Waals surface area contributed by atoms with Gasteiger partial charge in [-0.1, -0.05) is 45.5 Å². The van der Waals surface area contributed by atoms with Gasteiger partial charge in [0.05, 0.1) is 23.1 Å². The summed E-state index contributed by atoms with van der Waals surface area (Å²) in [7, 11) is -1.89. The maximum atomic E-state index is 13.0. The molecule has 2 aromatic carbocycles. The van der Waals surface area contributed by atoms with Gasteiger partial charge in [0.1, 0.15) is 11.6 Å². The van der Waals surface area contributed by atoms with Gasteiger partial charge in [0.25, 0.3) is 0 Å². The van der Waals surface area contributed by atoms with Gasteiger partial charge >= 0.3 is 8.10 Å². The number of benzene rings is 2. The molecule has 0 aliphatic carbocycles. The monoisotopic (exact) mass is 363 g/mol. The summed E-state index contributed by atoms with van der Waals surface area (Å²) >= 11 is 11.3. The smallest absolute Gasteiger partial charge is 0.205 e. The van der Waals surface area contributed by atoms with E-state index in [9.17, 15) is 13.3 Å². The van der Waals surface area contributed by atoms with Gasteiger partial charge in [-0.15, -0.1) is 0 Å². The van der Waals surface area contributed by atoms with Crippen molar-refractivity contribution >= 4 is 31.3 Å². The number of nitrogens with one attached hydrogen (secondary N) is 2. The van der Waals surface area contributed by atoms with Crippen LogP contribution in [0.25, 0.3) is 0 Å². The Balaban J connectivity index is 1.82. The molecule has 2 aromatic rings. The summed E-state index contributed by atoms with van der Waals surface area (Å²) in [6.07, 6.45) is 0. The van der Waals surface area contributed by atoms with Crippen molar-refractivity contribution in [2.45, 2.75) is 13.1 Å². The number of rotatable bonds is 6. The molecule has 2 rings (SSSR count). The van der Waals surface area contributed by atoms with E-state index in [1.165, 1.54) is 24.3 Å². The molecule has 0 saturated carbocycles. The summed E-state index contributed by atoms with van der Waals surface area (Å²) < 4.78 is 37.8. The molecule has 0 saturated heterocycles. The number of hydrogen-bond acceptors (Lipinski definition) is 1. The third-order valence-electron chi connectivity index (χ3n) is 2.82. The number of halogens is 4. The molecule has 3 nitrogen and oxygen atoms in total. The Labute approximate surface area is 137 Å². The largest absolute Gasteiger partial charge is 0.532 e. The maximum absolute atomic E-state index is 13.0. The third kappa shape index (κ3) is 4.97. The van der Waals surface area contributed by atoms with Gasteiger partial charge in [0.2, 0.25) is 0 Å². The van der Waals surface area contributed by atoms with Crippen molar-refractivity contribution in [2.24, 2.45) is 0 Å². The molecule has 22 heavy (non-hydrogen) atoms. The van der Waals surface area contributed by atoms with Crippen LogP contribution in [0, 0.1) is 11.6 Å². The lowest BCUT2D eigenvalue weighted by Crippen LogP contribution is -2.13. The summed E-state index contributed by atoms with van der Waals surface area (Å²) in [4.78, 5) is 0. The van der Waals surface area contributed by atoms with Crippen molar-refractivity contribution in [1.29, 1.82) is 0 Å². The second-order valence-corrected chi connectivity index (χ2v) is 6.50. The van der Waals surface area contributed by atoms with E-state index >= 15 is 0 Å². The third-order valence-corrected chi connectivity index (χ3v) is 4.29. The molecular formula is C14H12Cl2F2N2OP+. The zero-order valence-corrected chi connectivity index (χ0v) is 13.7. The lowest BCUT2D eigenvalue weighted by Gasteiger charge is -2.01. The van der Waals surface area contributed by atoms with Crippen LogP contribution in [0.5, 0.6) is 0 Å². The Kier molecular flexibility index (Phi) is 6.24. The molecule has 0 spiro atoms. The first kappa shape index (κ1) is 17.3. The minimum Gasteiger partial charge on any atom is -0.205 e. The Morgan fingerprint density at radius 1 is 0.864 bits per heavy atom. The van der Waals surface area contributed by atoms with E-state index in [2.05, 4.69) is 10.2 Å². The molecule has 0 fully saturated rings. The lowest BCUT2D eigenvalue weighted by atomic mass is 10.2. The van der Waals surface area contributed by atoms with Gasteiger partial charge in [-0.3, -0.25) is 0 Å². The fraction of sp³-hybridized carbons (Fsp3) is 0.143. The van der Waals surface area contributed by atoms with E-state index in [1.54, 1.807) is 12.1 Å². The van der Waals surface area contributed by atoms with Crippen LogP contribution in [0.3, 0.4) is 0 Å². The highest BCUT2D eigenvalue weighted by atomic mass is 35.5. The number of hydrogen-bond donors (Lipinski definition) is 2. The Morgan fingerprint density at radius 2 is 1.27 bits per heavy atom. The average molecular weight is 364 g/mol. The predicted molar refractivity (Wildman–Crippen MR) is 84.1 cm³/mol. The lowest BCUT2D eigenvalue weighted by molar-refractivity contribution is 0.568. The van der Waals surface area contributed by atoms with Crippen molar-refractivity contribution in [3.05, 3.63) is 69.2 Å². The van der Waals surface area contributed by atoms with Gasteiger partial charge in [0, 0.05) is 0 Å². The molecule has 0 aliphatic heterocycles. The molecule has 0 amide bonds. The van der Waals surface area contributed by atoms with Crippen molar-refractivity contribution in [3.63, 3.8) is 0 Å². The second-order valence-electron chi connectivity index (χ2n) is 4.46. The molecule has 0 aromatic heterocycles. The van der Waals surface area contributed by atoms with Crippen molar-refractivity contribution in [1.82, 2.24) is 10.2 Å². The fourth-order valence-corrected chi connectivity index (χ4v) is 2.85. The molecule has 0 heterocycles. The van der Waals surface area contributed by atoms with Gasteiger partial charge in [-0.2, -0.15) is 0 Å². The van der Waals surface area contributed by atoms with E-state index in [-0.39, 0.29) is 23.1 Å². The van der Waals surface area contributed by atoms with E-state index in [4.69, 9.17) is 23.2 Å². The van der Waals surface area contributed by atoms with Crippen LogP contribution >= 0.6 is 31.3 Å². The molecular weight excluding hydrogens is 352 g/mol. The normalized spacial score (nSPS) is 10.7. The van der Waals surface area contributed by atoms with Crippen molar-refractivity contribution in [2.75, 3.05) is 0 Å². The summed E-state index contributed by atoms with van der Waals surface area (Å²) in [6, 6.07) is 8.54. The average Bonchev–Trinajstić information content (AvgIpc) is 2.49. The maximum Gasteiger partial charge on any atom is 0.532 e. The first-order chi connectivity index (χ1) is 10.5. The molecule has 0 atom stereocenters. The predicted octanol–water partition coefficient (Wildman–Crippen LogP) is 4.81. The van der Waals surface area contributed by atoms with E-state index < -0.39 is 19.7 Å². The molecule has 8 heteroatoms. The van der Waals surface area contributed by atoms with E-state index in [0.717, 1.165) is 0 Å². The van der Waals surface area contributed by atoms with E-state index in [0.29, 0.717) is 11.1 Å². The van der Waals surface area contributed by atoms with E-state index in [1.807, 2.05) is 0 Å². The fourth-order valence-electron chi connectivity index (χ4n) is 1.68. The van der Waals surface area contributed by atoms with Crippen LogP contribution in [0.4, 0.5) is 8.78 Å². The minimum absolute atomic E-state index is 0.0171. The van der Waals surface area contributed by atoms with Crippen LogP contribution in [0.2, 0.25) is 10.0 Å². The Bertz CT molecular complexity index is 643. The molecule has 0 bridgehead atoms. The Hall–Kier alpha value is -1.10. The molecule has 0 radical (unpaired) electrons. The van der Waals surface area contributed by atoms with Crippen molar-refractivity contribution in [3.8, 4) is 0 Å². The summed E-state index contributed by atoms with van der Waals surface area (Å²) in [5.74, 6) is -0.998. The van der Waals surface area contributed by atoms with Gasteiger partial charge in [0.15, 0.2) is 0 Å². The summed E-state index contributed by atoms with van der Waals surface area (Å²) in [6.45, 7) is 0.540. The second kappa shape index (κ2) is 7.95. The zero-order valence-electron chi connectivity index (χ0n) is 11.2. The first-order valence-corrected chi connectivity index (χ1v) is 8.29. The molecule has 2 N–H and O–H groups in total. The van der Waals surface area contributed by atoms with Crippen LogP contribution in [-0.2, 0) is 17.7 Å². The summed E-state index contributed by atoms with van der Waals surface area (Å²) in [5.41, 5.74) is 1.42. The van der Waals surface area contributed by atoms with Gasteiger partial charge in [-0.05, 0) is 40.0 Å². The standard InChI is InChI=1S/C14H12Cl2F2N2OP/c15-11-5-9(1-3-13(11)17)7-19-22(21)20-8-10-2-4-14(18)12(16)6-10/h1-6H,7-8H2,(H2,19,20,21)/q+1. The SMILES string of the molecule is O=[P+](NCc1ccc(F)c(Cl)c1)NCc1ccc(F)c(Cl)c1. The highest BCUT2D eigenvalue weighted by Crippen LogP contribution is 2.19. The topological polar surface area (TPSA) is 41.1 Å². The van der Waals surface area contributed by atoms with Crippen LogP contribution in [-0.4, -0.2) is 0 Å². The Morgan fingerprint density at radius 3 is 1.64 bits per heavy atom. The quantitative estimate of drug-likeness (QED) is 0.723. The molecule has 0 unspecified atom stereocenters. The first-order valence-electron chi connectivity index (χ1n) is 6.28. The van der Waals surface area contributed by atoms with Crippen LogP contribution < -0.4 is 10.2 Å². The highest BCUT2D eigenvalue weighted by molar-refractivity contribution is 7.39. The zero-order chi connectivity index (χ0) is 16.1. The van der Waals surface area contributed by atoms with Crippen molar-refractivity contribution < 1.29 is 13.3 Å². The van der Waals surface area contributed by atoms with Gasteiger partial charge < -0.3 is 0 Å². The van der Waals surface area contributed by atoms with Gasteiger partial charge in [-0.25, -0.2) is 8.78 Å². The highest BCUT2D eigenvalue weighted by Gasteiger charge is 2.15. The van der Waals surface area contributed by atoms with Crippen LogP contribution in [0.1, 0.15) is 11.1 Å². The van der Waals surface area contributed by atoms with Crippen LogP contribution in [0.15, 0.2) is 36.4 Å². The summed E-state index contributed by atoms with van der Waals surface area (Å²) in [5, 5.41) is 5.54. The minimum atomic E-state index is -1.89. The molecule has 0 aliphatic rings.